The van der Waals surface area contributed by atoms with E-state index >= 15 is 0 Å². The number of aromatic nitrogens is 3. The lowest BCUT2D eigenvalue weighted by Gasteiger charge is -2.09. The summed E-state index contributed by atoms with van der Waals surface area (Å²) >= 11 is 0. The van der Waals surface area contributed by atoms with Gasteiger partial charge in [0.2, 0.25) is 0 Å². The average Bonchev–Trinajstić information content (AvgIpc) is 2.86. The van der Waals surface area contributed by atoms with E-state index in [1.807, 2.05) is 18.2 Å². The van der Waals surface area contributed by atoms with Crippen molar-refractivity contribution in [3.05, 3.63) is 34.6 Å². The number of nitrogens with one attached hydrogen (secondary N) is 1. The van der Waals surface area contributed by atoms with Gasteiger partial charge in [0.15, 0.2) is 0 Å². The van der Waals surface area contributed by atoms with Gasteiger partial charge in [-0.1, -0.05) is 17.3 Å². The summed E-state index contributed by atoms with van der Waals surface area (Å²) in [6.45, 7) is 2.64. The molecule has 1 aliphatic heterocycles. The SMILES string of the molecule is O=c1c2ccccc2nnn1CC1CCNC1. The fraction of sp³-hybridized carbons (Fsp3) is 0.417. The molecule has 1 saturated heterocycles. The van der Waals surface area contributed by atoms with Crippen LogP contribution in [-0.4, -0.2) is 28.1 Å². The van der Waals surface area contributed by atoms with Gasteiger partial charge in [-0.05, 0) is 37.6 Å². The van der Waals surface area contributed by atoms with Crippen molar-refractivity contribution in [2.45, 2.75) is 13.0 Å². The molecule has 0 bridgehead atoms. The van der Waals surface area contributed by atoms with Crippen LogP contribution in [0.4, 0.5) is 0 Å². The summed E-state index contributed by atoms with van der Waals surface area (Å²) in [7, 11) is 0. The molecule has 1 aromatic heterocycles. The molecule has 5 heteroatoms. The summed E-state index contributed by atoms with van der Waals surface area (Å²) in [6, 6.07) is 7.33. The smallest absolute Gasteiger partial charge is 0.277 e. The minimum atomic E-state index is -0.0394. The Kier molecular flexibility index (Phi) is 2.60. The topological polar surface area (TPSA) is 59.8 Å². The van der Waals surface area contributed by atoms with Crippen LogP contribution >= 0.6 is 0 Å². The molecule has 3 rings (SSSR count). The van der Waals surface area contributed by atoms with E-state index in [1.54, 1.807) is 6.07 Å². The number of fused-ring (bicyclic) bond motifs is 1. The Labute approximate surface area is 98.4 Å². The lowest BCUT2D eigenvalue weighted by molar-refractivity contribution is 0.423. The Balaban J connectivity index is 1.99. The molecule has 1 aliphatic rings. The third-order valence-electron chi connectivity index (χ3n) is 3.22. The van der Waals surface area contributed by atoms with Crippen molar-refractivity contribution in [1.29, 1.82) is 0 Å². The molecule has 5 nitrogen and oxygen atoms in total. The Morgan fingerprint density at radius 2 is 2.29 bits per heavy atom. The fourth-order valence-corrected chi connectivity index (χ4v) is 2.26. The minimum absolute atomic E-state index is 0.0394. The Bertz CT molecular complexity index is 586. The summed E-state index contributed by atoms with van der Waals surface area (Å²) in [4.78, 5) is 12.2. The predicted octanol–water partition coefficient (Wildman–Crippen LogP) is 0.401. The molecule has 0 saturated carbocycles. The molecule has 17 heavy (non-hydrogen) atoms. The van der Waals surface area contributed by atoms with Crippen LogP contribution in [-0.2, 0) is 6.54 Å². The number of hydrogen-bond acceptors (Lipinski definition) is 4. The predicted molar refractivity (Wildman–Crippen MR) is 64.8 cm³/mol. The second-order valence-electron chi connectivity index (χ2n) is 4.45. The van der Waals surface area contributed by atoms with Crippen LogP contribution in [0.15, 0.2) is 29.1 Å². The van der Waals surface area contributed by atoms with Crippen molar-refractivity contribution >= 4 is 10.9 Å². The molecule has 0 radical (unpaired) electrons. The molecular weight excluding hydrogens is 216 g/mol. The minimum Gasteiger partial charge on any atom is -0.316 e. The second kappa shape index (κ2) is 4.25. The van der Waals surface area contributed by atoms with Gasteiger partial charge in [0.05, 0.1) is 11.9 Å². The number of benzene rings is 1. The summed E-state index contributed by atoms with van der Waals surface area (Å²) in [5.74, 6) is 0.489. The first-order valence-corrected chi connectivity index (χ1v) is 5.88. The fourth-order valence-electron chi connectivity index (χ4n) is 2.26. The molecule has 1 N–H and O–H groups in total. The van der Waals surface area contributed by atoms with Crippen molar-refractivity contribution in [2.75, 3.05) is 13.1 Å². The highest BCUT2D eigenvalue weighted by atomic mass is 16.1. The van der Waals surface area contributed by atoms with Crippen molar-refractivity contribution < 1.29 is 0 Å². The third kappa shape index (κ3) is 1.93. The maximum atomic E-state index is 12.2. The van der Waals surface area contributed by atoms with Gasteiger partial charge in [-0.25, -0.2) is 4.68 Å². The van der Waals surface area contributed by atoms with E-state index in [0.29, 0.717) is 23.4 Å². The summed E-state index contributed by atoms with van der Waals surface area (Å²) in [5.41, 5.74) is 0.626. The Morgan fingerprint density at radius 3 is 3.12 bits per heavy atom. The van der Waals surface area contributed by atoms with Crippen LogP contribution in [0.5, 0.6) is 0 Å². The molecule has 1 unspecified atom stereocenters. The number of rotatable bonds is 2. The quantitative estimate of drug-likeness (QED) is 0.811. The van der Waals surface area contributed by atoms with E-state index in [9.17, 15) is 4.79 Å². The molecule has 1 fully saturated rings. The highest BCUT2D eigenvalue weighted by molar-refractivity contribution is 5.76. The summed E-state index contributed by atoms with van der Waals surface area (Å²) in [6.07, 6.45) is 1.10. The largest absolute Gasteiger partial charge is 0.316 e. The molecule has 1 aromatic carbocycles. The zero-order chi connectivity index (χ0) is 11.7. The van der Waals surface area contributed by atoms with Crippen molar-refractivity contribution in [3.63, 3.8) is 0 Å². The molecular formula is C12H14N4O. The summed E-state index contributed by atoms with van der Waals surface area (Å²) in [5, 5.41) is 12.0. The van der Waals surface area contributed by atoms with Gasteiger partial charge in [-0.3, -0.25) is 4.79 Å². The Morgan fingerprint density at radius 1 is 1.41 bits per heavy atom. The molecule has 0 amide bonds. The monoisotopic (exact) mass is 230 g/mol. The lowest BCUT2D eigenvalue weighted by Crippen LogP contribution is -2.28. The van der Waals surface area contributed by atoms with Gasteiger partial charge in [0.25, 0.3) is 5.56 Å². The Hall–Kier alpha value is -1.75. The van der Waals surface area contributed by atoms with Gasteiger partial charge in [-0.2, -0.15) is 0 Å². The first kappa shape index (κ1) is 10.4. The van der Waals surface area contributed by atoms with Crippen LogP contribution in [0.3, 0.4) is 0 Å². The number of hydrogen-bond donors (Lipinski definition) is 1. The van der Waals surface area contributed by atoms with Gasteiger partial charge < -0.3 is 5.32 Å². The van der Waals surface area contributed by atoms with E-state index in [4.69, 9.17) is 0 Å². The summed E-state index contributed by atoms with van der Waals surface area (Å²) < 4.78 is 1.49. The highest BCUT2D eigenvalue weighted by Crippen LogP contribution is 2.09. The van der Waals surface area contributed by atoms with Crippen LogP contribution < -0.4 is 10.9 Å². The van der Waals surface area contributed by atoms with E-state index in [-0.39, 0.29) is 5.56 Å². The maximum Gasteiger partial charge on any atom is 0.277 e. The molecule has 1 atom stereocenters. The number of nitrogens with zero attached hydrogens (tertiary/aromatic N) is 3. The normalized spacial score (nSPS) is 19.9. The molecule has 0 aliphatic carbocycles. The maximum absolute atomic E-state index is 12.2. The zero-order valence-electron chi connectivity index (χ0n) is 9.47. The van der Waals surface area contributed by atoms with Gasteiger partial charge in [0.1, 0.15) is 5.52 Å². The molecule has 2 aromatic rings. The van der Waals surface area contributed by atoms with Gasteiger partial charge in [-0.15, -0.1) is 5.10 Å². The van der Waals surface area contributed by atoms with Crippen molar-refractivity contribution in [3.8, 4) is 0 Å². The molecule has 2 heterocycles. The zero-order valence-corrected chi connectivity index (χ0v) is 9.47. The van der Waals surface area contributed by atoms with Crippen LogP contribution in [0.2, 0.25) is 0 Å². The van der Waals surface area contributed by atoms with Crippen LogP contribution in [0, 0.1) is 5.92 Å². The lowest BCUT2D eigenvalue weighted by atomic mass is 10.1. The highest BCUT2D eigenvalue weighted by Gasteiger charge is 2.16. The molecule has 0 spiro atoms. The van der Waals surface area contributed by atoms with E-state index in [2.05, 4.69) is 15.6 Å². The van der Waals surface area contributed by atoms with Crippen LogP contribution in [0.1, 0.15) is 6.42 Å². The first-order chi connectivity index (χ1) is 8.34. The van der Waals surface area contributed by atoms with Crippen LogP contribution in [0.25, 0.3) is 10.9 Å². The second-order valence-corrected chi connectivity index (χ2v) is 4.45. The standard InChI is InChI=1S/C12H14N4O/c17-12-10-3-1-2-4-11(10)14-15-16(12)8-9-5-6-13-7-9/h1-4,9,13H,5-8H2. The van der Waals surface area contributed by atoms with E-state index in [0.717, 1.165) is 19.5 Å². The van der Waals surface area contributed by atoms with Gasteiger partial charge in [0, 0.05) is 0 Å². The average molecular weight is 230 g/mol. The van der Waals surface area contributed by atoms with Crippen molar-refractivity contribution in [1.82, 2.24) is 20.3 Å². The van der Waals surface area contributed by atoms with E-state index in [1.165, 1.54) is 4.68 Å². The first-order valence-electron chi connectivity index (χ1n) is 5.88. The van der Waals surface area contributed by atoms with Gasteiger partial charge >= 0.3 is 0 Å². The molecule has 88 valence electrons. The third-order valence-corrected chi connectivity index (χ3v) is 3.22. The van der Waals surface area contributed by atoms with E-state index < -0.39 is 0 Å². The van der Waals surface area contributed by atoms with Crippen molar-refractivity contribution in [2.24, 2.45) is 5.92 Å².